The number of hydrogen-bond acceptors (Lipinski definition) is 5. The van der Waals surface area contributed by atoms with Gasteiger partial charge in [-0.1, -0.05) is 0 Å². The van der Waals surface area contributed by atoms with E-state index in [9.17, 15) is 19.7 Å². The van der Waals surface area contributed by atoms with Gasteiger partial charge in [-0.25, -0.2) is 0 Å². The average molecular weight is 199 g/mol. The van der Waals surface area contributed by atoms with Gasteiger partial charge in [-0.15, -0.1) is 0 Å². The van der Waals surface area contributed by atoms with Crippen molar-refractivity contribution < 1.29 is 19.2 Å². The molecule has 2 aliphatic rings. The number of cyclic esters (lactones) is 2. The number of nitrogens with zero attached hydrogens (tertiary/aromatic N) is 1. The topological polar surface area (TPSA) is 86.5 Å². The van der Waals surface area contributed by atoms with Gasteiger partial charge >= 0.3 is 11.9 Å². The summed E-state index contributed by atoms with van der Waals surface area (Å²) in [6.45, 7) is 0. The molecule has 3 atom stereocenters. The van der Waals surface area contributed by atoms with Gasteiger partial charge in [0.1, 0.15) is 0 Å². The van der Waals surface area contributed by atoms with E-state index in [0.29, 0.717) is 12.8 Å². The first-order valence-corrected chi connectivity index (χ1v) is 4.48. The molecule has 14 heavy (non-hydrogen) atoms. The second-order valence-corrected chi connectivity index (χ2v) is 3.71. The van der Waals surface area contributed by atoms with Crippen molar-refractivity contribution in [2.24, 2.45) is 11.8 Å². The van der Waals surface area contributed by atoms with Crippen molar-refractivity contribution >= 4 is 11.9 Å². The summed E-state index contributed by atoms with van der Waals surface area (Å²) < 4.78 is 4.44. The van der Waals surface area contributed by atoms with E-state index in [0.717, 1.165) is 0 Å². The van der Waals surface area contributed by atoms with E-state index in [1.165, 1.54) is 0 Å². The predicted molar refractivity (Wildman–Crippen MR) is 42.7 cm³/mol. The summed E-state index contributed by atoms with van der Waals surface area (Å²) in [6, 6.07) is -0.699. The first-order chi connectivity index (χ1) is 6.59. The van der Waals surface area contributed by atoms with Crippen molar-refractivity contribution in [3.05, 3.63) is 10.1 Å². The Balaban J connectivity index is 2.13. The highest BCUT2D eigenvalue weighted by Gasteiger charge is 2.50. The van der Waals surface area contributed by atoms with Crippen LogP contribution in [0.2, 0.25) is 0 Å². The monoisotopic (exact) mass is 199 g/mol. The lowest BCUT2D eigenvalue weighted by atomic mass is 9.79. The molecule has 0 N–H and O–H groups in total. The molecule has 1 heterocycles. The molecule has 0 radical (unpaired) electrons. The largest absolute Gasteiger partial charge is 0.393 e. The Kier molecular flexibility index (Phi) is 1.98. The lowest BCUT2D eigenvalue weighted by Crippen LogP contribution is -2.34. The third kappa shape index (κ3) is 1.26. The van der Waals surface area contributed by atoms with Gasteiger partial charge in [0.15, 0.2) is 0 Å². The second-order valence-electron chi connectivity index (χ2n) is 3.71. The van der Waals surface area contributed by atoms with Crippen LogP contribution in [0.3, 0.4) is 0 Å². The van der Waals surface area contributed by atoms with Crippen LogP contribution in [0.4, 0.5) is 0 Å². The quantitative estimate of drug-likeness (QED) is 0.259. The molecule has 2 fully saturated rings. The highest BCUT2D eigenvalue weighted by atomic mass is 16.6. The first kappa shape index (κ1) is 9.11. The second kappa shape index (κ2) is 3.04. The fourth-order valence-electron chi connectivity index (χ4n) is 2.13. The highest BCUT2D eigenvalue weighted by molar-refractivity contribution is 5.96. The molecular weight excluding hydrogens is 190 g/mol. The molecule has 6 nitrogen and oxygen atoms in total. The zero-order valence-corrected chi connectivity index (χ0v) is 7.34. The van der Waals surface area contributed by atoms with Gasteiger partial charge in [0.25, 0.3) is 0 Å². The molecule has 1 saturated carbocycles. The van der Waals surface area contributed by atoms with E-state index >= 15 is 0 Å². The summed E-state index contributed by atoms with van der Waals surface area (Å²) in [5.74, 6) is -2.11. The summed E-state index contributed by atoms with van der Waals surface area (Å²) >= 11 is 0. The molecule has 1 aliphatic heterocycles. The van der Waals surface area contributed by atoms with Gasteiger partial charge in [0.2, 0.25) is 6.04 Å². The number of nitro groups is 1. The van der Waals surface area contributed by atoms with E-state index in [1.807, 2.05) is 0 Å². The van der Waals surface area contributed by atoms with Crippen LogP contribution in [0.1, 0.15) is 19.3 Å². The molecule has 0 spiro atoms. The van der Waals surface area contributed by atoms with Gasteiger partial charge in [0.05, 0.1) is 11.8 Å². The summed E-state index contributed by atoms with van der Waals surface area (Å²) in [4.78, 5) is 32.3. The SMILES string of the molecule is O=C1OC(=O)C2CC([N+](=O)[O-])CCC12. The molecule has 0 amide bonds. The molecule has 0 aromatic rings. The van der Waals surface area contributed by atoms with Gasteiger partial charge in [-0.3, -0.25) is 19.7 Å². The van der Waals surface area contributed by atoms with Crippen molar-refractivity contribution in [2.45, 2.75) is 25.3 Å². The Morgan fingerprint density at radius 3 is 2.50 bits per heavy atom. The van der Waals surface area contributed by atoms with Crippen molar-refractivity contribution in [1.29, 1.82) is 0 Å². The normalized spacial score (nSPS) is 36.4. The third-order valence-electron chi connectivity index (χ3n) is 2.93. The molecule has 6 heteroatoms. The Morgan fingerprint density at radius 1 is 1.21 bits per heavy atom. The zero-order valence-electron chi connectivity index (χ0n) is 7.34. The number of fused-ring (bicyclic) bond motifs is 1. The fourth-order valence-corrected chi connectivity index (χ4v) is 2.13. The summed E-state index contributed by atoms with van der Waals surface area (Å²) in [7, 11) is 0. The van der Waals surface area contributed by atoms with Crippen molar-refractivity contribution in [2.75, 3.05) is 0 Å². The van der Waals surface area contributed by atoms with Crippen LogP contribution >= 0.6 is 0 Å². The van der Waals surface area contributed by atoms with Gasteiger partial charge in [0, 0.05) is 17.8 Å². The Labute approximate surface area is 79.4 Å². The predicted octanol–water partition coefficient (Wildman–Crippen LogP) is 0.131. The van der Waals surface area contributed by atoms with Gasteiger partial charge in [-0.2, -0.15) is 0 Å². The Bertz CT molecular complexity index is 313. The van der Waals surface area contributed by atoms with E-state index in [4.69, 9.17) is 0 Å². The molecule has 0 bridgehead atoms. The molecule has 2 rings (SSSR count). The van der Waals surface area contributed by atoms with Crippen molar-refractivity contribution in [3.63, 3.8) is 0 Å². The van der Waals surface area contributed by atoms with Crippen LogP contribution in [0.15, 0.2) is 0 Å². The van der Waals surface area contributed by atoms with Crippen LogP contribution in [-0.4, -0.2) is 22.9 Å². The number of carbonyl (C=O) groups is 2. The van der Waals surface area contributed by atoms with E-state index in [2.05, 4.69) is 4.74 Å². The maximum atomic E-state index is 11.1. The lowest BCUT2D eigenvalue weighted by Gasteiger charge is -2.21. The molecular formula is C8H9NO5. The maximum absolute atomic E-state index is 11.1. The lowest BCUT2D eigenvalue weighted by molar-refractivity contribution is -0.527. The summed E-state index contributed by atoms with van der Waals surface area (Å²) in [6.07, 6.45) is 0.889. The molecule has 3 unspecified atom stereocenters. The van der Waals surface area contributed by atoms with E-state index < -0.39 is 29.8 Å². The number of esters is 2. The van der Waals surface area contributed by atoms with Crippen LogP contribution in [0, 0.1) is 22.0 Å². The summed E-state index contributed by atoms with van der Waals surface area (Å²) in [5, 5.41) is 10.5. The minimum absolute atomic E-state index is 0.141. The number of hydrogen-bond donors (Lipinski definition) is 0. The zero-order chi connectivity index (χ0) is 10.3. The minimum atomic E-state index is -0.699. The fraction of sp³-hybridized carbons (Fsp3) is 0.750. The maximum Gasteiger partial charge on any atom is 0.317 e. The number of carbonyl (C=O) groups excluding carboxylic acids is 2. The van der Waals surface area contributed by atoms with Gasteiger partial charge < -0.3 is 4.74 Å². The smallest absolute Gasteiger partial charge is 0.317 e. The van der Waals surface area contributed by atoms with Crippen LogP contribution in [0.5, 0.6) is 0 Å². The van der Waals surface area contributed by atoms with E-state index in [1.54, 1.807) is 0 Å². The molecule has 1 aliphatic carbocycles. The minimum Gasteiger partial charge on any atom is -0.393 e. The van der Waals surface area contributed by atoms with Crippen molar-refractivity contribution in [3.8, 4) is 0 Å². The number of rotatable bonds is 1. The molecule has 0 aromatic carbocycles. The Hall–Kier alpha value is -1.46. The van der Waals surface area contributed by atoms with Crippen molar-refractivity contribution in [1.82, 2.24) is 0 Å². The number of ether oxygens (including phenoxy) is 1. The standard InChI is InChI=1S/C8H9NO5/c10-7-5-2-1-4(9(12)13)3-6(5)8(11)14-7/h4-6H,1-3H2. The van der Waals surface area contributed by atoms with Crippen LogP contribution < -0.4 is 0 Å². The molecule has 76 valence electrons. The summed E-state index contributed by atoms with van der Waals surface area (Å²) in [5.41, 5.74) is 0. The first-order valence-electron chi connectivity index (χ1n) is 4.48. The van der Waals surface area contributed by atoms with Crippen LogP contribution in [-0.2, 0) is 14.3 Å². The average Bonchev–Trinajstić information content (AvgIpc) is 2.42. The molecule has 0 aromatic heterocycles. The van der Waals surface area contributed by atoms with E-state index in [-0.39, 0.29) is 11.3 Å². The Morgan fingerprint density at radius 2 is 1.86 bits per heavy atom. The molecule has 1 saturated heterocycles. The highest BCUT2D eigenvalue weighted by Crippen LogP contribution is 2.37. The van der Waals surface area contributed by atoms with Gasteiger partial charge in [-0.05, 0) is 6.42 Å². The third-order valence-corrected chi connectivity index (χ3v) is 2.93. The van der Waals surface area contributed by atoms with Crippen LogP contribution in [0.25, 0.3) is 0 Å².